The van der Waals surface area contributed by atoms with Gasteiger partial charge in [0.15, 0.2) is 12.4 Å². The summed E-state index contributed by atoms with van der Waals surface area (Å²) in [5.74, 6) is -0.255. The molecular formula is C17H15BrN4O3. The Morgan fingerprint density at radius 1 is 1.20 bits per heavy atom. The second-order valence-electron chi connectivity index (χ2n) is 5.50. The zero-order valence-corrected chi connectivity index (χ0v) is 15.3. The number of carbonyl (C=O) groups excluding carboxylic acids is 2. The van der Waals surface area contributed by atoms with Crippen molar-refractivity contribution >= 4 is 33.5 Å². The van der Waals surface area contributed by atoms with Crippen LogP contribution in [0.4, 0.5) is 0 Å². The highest BCUT2D eigenvalue weighted by Gasteiger charge is 2.16. The van der Waals surface area contributed by atoms with Crippen LogP contribution >= 0.6 is 15.9 Å². The predicted octanol–water partition coefficient (Wildman–Crippen LogP) is 2.47. The average Bonchev–Trinajstić information content (AvgIpc) is 3.05. The lowest BCUT2D eigenvalue weighted by atomic mass is 10.1. The Hall–Kier alpha value is -2.61. The summed E-state index contributed by atoms with van der Waals surface area (Å²) in [5, 5.41) is 4.08. The molecule has 0 saturated heterocycles. The molecule has 0 saturated carbocycles. The van der Waals surface area contributed by atoms with Crippen molar-refractivity contribution in [2.75, 3.05) is 6.61 Å². The molecule has 0 atom stereocenters. The third kappa shape index (κ3) is 3.74. The van der Waals surface area contributed by atoms with E-state index in [-0.39, 0.29) is 18.8 Å². The number of nitrogens with zero attached hydrogens (tertiary/aromatic N) is 4. The second kappa shape index (κ2) is 7.10. The van der Waals surface area contributed by atoms with Gasteiger partial charge in [0.1, 0.15) is 6.33 Å². The summed E-state index contributed by atoms with van der Waals surface area (Å²) in [6.07, 6.45) is 1.43. The Morgan fingerprint density at radius 2 is 1.92 bits per heavy atom. The Kier molecular flexibility index (Phi) is 4.89. The van der Waals surface area contributed by atoms with Gasteiger partial charge >= 0.3 is 5.97 Å². The van der Waals surface area contributed by atoms with Crippen LogP contribution < -0.4 is 0 Å². The van der Waals surface area contributed by atoms with E-state index in [0.29, 0.717) is 17.0 Å². The number of carbonyl (C=O) groups is 2. The third-order valence-corrected chi connectivity index (χ3v) is 4.37. The van der Waals surface area contributed by atoms with Crippen LogP contribution in [0.2, 0.25) is 0 Å². The fourth-order valence-electron chi connectivity index (χ4n) is 2.47. The van der Waals surface area contributed by atoms with Gasteiger partial charge in [-0.05, 0) is 26.0 Å². The molecule has 8 heteroatoms. The molecular weight excluding hydrogens is 388 g/mol. The van der Waals surface area contributed by atoms with Crippen LogP contribution in [0.15, 0.2) is 35.1 Å². The molecule has 0 aliphatic carbocycles. The topological polar surface area (TPSA) is 86.4 Å². The first-order valence-corrected chi connectivity index (χ1v) is 8.35. The van der Waals surface area contributed by atoms with E-state index >= 15 is 0 Å². The standard InChI is InChI=1S/C17H15BrN4O3/c1-10-14(11(2)22-17(21-10)19-9-20-22)7-16(24)25-8-15(23)12-3-5-13(18)6-4-12/h3-6,9H,7-8H2,1-2H3. The van der Waals surface area contributed by atoms with Crippen LogP contribution in [0.25, 0.3) is 5.78 Å². The lowest BCUT2D eigenvalue weighted by Crippen LogP contribution is -2.17. The number of ketones is 1. The fourth-order valence-corrected chi connectivity index (χ4v) is 2.74. The molecule has 0 bridgehead atoms. The van der Waals surface area contributed by atoms with Crippen molar-refractivity contribution in [1.29, 1.82) is 0 Å². The minimum atomic E-state index is -0.488. The zero-order chi connectivity index (χ0) is 18.0. The SMILES string of the molecule is Cc1nc2ncnn2c(C)c1CC(=O)OCC(=O)c1ccc(Br)cc1. The zero-order valence-electron chi connectivity index (χ0n) is 13.7. The number of ether oxygens (including phenoxy) is 1. The van der Waals surface area contributed by atoms with Crippen LogP contribution in [0, 0.1) is 13.8 Å². The molecule has 0 amide bonds. The normalized spacial score (nSPS) is 10.8. The van der Waals surface area contributed by atoms with Crippen LogP contribution in [0.1, 0.15) is 27.3 Å². The van der Waals surface area contributed by atoms with Crippen molar-refractivity contribution in [1.82, 2.24) is 19.6 Å². The van der Waals surface area contributed by atoms with Crippen molar-refractivity contribution < 1.29 is 14.3 Å². The van der Waals surface area contributed by atoms with Crippen molar-refractivity contribution in [2.24, 2.45) is 0 Å². The number of fused-ring (bicyclic) bond motifs is 1. The Balaban J connectivity index is 1.67. The molecule has 0 fully saturated rings. The molecule has 1 aromatic carbocycles. The molecule has 3 rings (SSSR count). The highest BCUT2D eigenvalue weighted by molar-refractivity contribution is 9.10. The van der Waals surface area contributed by atoms with Crippen molar-refractivity contribution in [3.63, 3.8) is 0 Å². The maximum absolute atomic E-state index is 12.1. The highest BCUT2D eigenvalue weighted by atomic mass is 79.9. The summed E-state index contributed by atoms with van der Waals surface area (Å²) in [5.41, 5.74) is 2.68. The largest absolute Gasteiger partial charge is 0.457 e. The van der Waals surface area contributed by atoms with Gasteiger partial charge in [-0.15, -0.1) is 0 Å². The minimum Gasteiger partial charge on any atom is -0.457 e. The lowest BCUT2D eigenvalue weighted by Gasteiger charge is -2.10. The molecule has 0 aliphatic rings. The van der Waals surface area contributed by atoms with Crippen LogP contribution in [0.5, 0.6) is 0 Å². The van der Waals surface area contributed by atoms with E-state index in [0.717, 1.165) is 15.7 Å². The number of hydrogen-bond donors (Lipinski definition) is 0. The number of aromatic nitrogens is 4. The molecule has 2 aromatic heterocycles. The van der Waals surface area contributed by atoms with E-state index in [1.54, 1.807) is 35.7 Å². The summed E-state index contributed by atoms with van der Waals surface area (Å²) in [6, 6.07) is 6.88. The molecule has 0 radical (unpaired) electrons. The summed E-state index contributed by atoms with van der Waals surface area (Å²) in [7, 11) is 0. The van der Waals surface area contributed by atoms with E-state index in [2.05, 4.69) is 31.0 Å². The number of hydrogen-bond acceptors (Lipinski definition) is 6. The molecule has 0 spiro atoms. The van der Waals surface area contributed by atoms with E-state index < -0.39 is 5.97 Å². The Labute approximate surface area is 152 Å². The molecule has 128 valence electrons. The second-order valence-corrected chi connectivity index (χ2v) is 6.42. The molecule has 3 aromatic rings. The summed E-state index contributed by atoms with van der Waals surface area (Å²) in [4.78, 5) is 32.5. The number of aryl methyl sites for hydroxylation is 2. The van der Waals surface area contributed by atoms with Gasteiger partial charge in [-0.1, -0.05) is 28.1 Å². The monoisotopic (exact) mass is 402 g/mol. The first-order valence-electron chi connectivity index (χ1n) is 7.56. The number of rotatable bonds is 5. The Morgan fingerprint density at radius 3 is 2.64 bits per heavy atom. The molecule has 0 unspecified atom stereocenters. The van der Waals surface area contributed by atoms with Crippen LogP contribution in [-0.2, 0) is 16.0 Å². The van der Waals surface area contributed by atoms with Crippen molar-refractivity contribution in [3.8, 4) is 0 Å². The highest BCUT2D eigenvalue weighted by Crippen LogP contribution is 2.15. The number of esters is 1. The lowest BCUT2D eigenvalue weighted by molar-refractivity contribution is -0.141. The Bertz CT molecular complexity index is 950. The van der Waals surface area contributed by atoms with E-state index in [4.69, 9.17) is 4.74 Å². The van der Waals surface area contributed by atoms with Gasteiger partial charge in [0.05, 0.1) is 6.42 Å². The van der Waals surface area contributed by atoms with Gasteiger partial charge in [-0.2, -0.15) is 10.1 Å². The number of halogens is 1. The summed E-state index contributed by atoms with van der Waals surface area (Å²) in [6.45, 7) is 3.35. The van der Waals surface area contributed by atoms with Crippen LogP contribution in [0.3, 0.4) is 0 Å². The van der Waals surface area contributed by atoms with Gasteiger partial charge in [-0.3, -0.25) is 9.59 Å². The van der Waals surface area contributed by atoms with Crippen LogP contribution in [-0.4, -0.2) is 37.9 Å². The first-order chi connectivity index (χ1) is 12.0. The van der Waals surface area contributed by atoms with E-state index in [1.165, 1.54) is 6.33 Å². The number of Topliss-reactive ketones (excluding diaryl/α,β-unsaturated/α-hetero) is 1. The maximum atomic E-state index is 12.1. The number of benzene rings is 1. The van der Waals surface area contributed by atoms with Crippen molar-refractivity contribution in [2.45, 2.75) is 20.3 Å². The fraction of sp³-hybridized carbons (Fsp3) is 0.235. The summed E-state index contributed by atoms with van der Waals surface area (Å²) < 4.78 is 7.57. The summed E-state index contributed by atoms with van der Waals surface area (Å²) >= 11 is 3.31. The minimum absolute atomic E-state index is 0.0219. The average molecular weight is 403 g/mol. The molecule has 0 aliphatic heterocycles. The first kappa shape index (κ1) is 17.2. The molecule has 2 heterocycles. The smallest absolute Gasteiger partial charge is 0.310 e. The van der Waals surface area contributed by atoms with Crippen molar-refractivity contribution in [3.05, 3.63) is 57.6 Å². The quantitative estimate of drug-likeness (QED) is 0.481. The molecule has 7 nitrogen and oxygen atoms in total. The van der Waals surface area contributed by atoms with Gasteiger partial charge in [0.2, 0.25) is 0 Å². The predicted molar refractivity (Wildman–Crippen MR) is 93.4 cm³/mol. The van der Waals surface area contributed by atoms with E-state index in [1.807, 2.05) is 6.92 Å². The third-order valence-electron chi connectivity index (χ3n) is 3.84. The van der Waals surface area contributed by atoms with Gasteiger partial charge in [0, 0.05) is 27.0 Å². The van der Waals surface area contributed by atoms with Gasteiger partial charge < -0.3 is 4.74 Å². The van der Waals surface area contributed by atoms with E-state index in [9.17, 15) is 9.59 Å². The molecule has 0 N–H and O–H groups in total. The maximum Gasteiger partial charge on any atom is 0.310 e. The molecule has 25 heavy (non-hydrogen) atoms. The van der Waals surface area contributed by atoms with Gasteiger partial charge in [0.25, 0.3) is 5.78 Å². The van der Waals surface area contributed by atoms with Gasteiger partial charge in [-0.25, -0.2) is 9.50 Å².